The van der Waals surface area contributed by atoms with Crippen LogP contribution in [0.25, 0.3) is 0 Å². The lowest BCUT2D eigenvalue weighted by Gasteiger charge is -2.24. The maximum Gasteiger partial charge on any atom is 0.305 e. The molecule has 0 aromatic carbocycles. The fourth-order valence-corrected chi connectivity index (χ4v) is 1.56. The molecule has 1 aliphatic heterocycles. The van der Waals surface area contributed by atoms with E-state index in [2.05, 4.69) is 15.6 Å². The van der Waals surface area contributed by atoms with Gasteiger partial charge in [0.25, 0.3) is 0 Å². The molecule has 2 heterocycles. The van der Waals surface area contributed by atoms with E-state index < -0.39 is 12.0 Å². The molecule has 1 unspecified atom stereocenters. The first-order valence-corrected chi connectivity index (χ1v) is 4.90. The van der Waals surface area contributed by atoms with Gasteiger partial charge in [0.1, 0.15) is 11.2 Å². The molecule has 0 spiro atoms. The first-order valence-electron chi connectivity index (χ1n) is 4.52. The molecular formula is C9H8ClN3O3. The number of nitrogens with one attached hydrogen (secondary N) is 2. The molecule has 1 amide bonds. The molecule has 0 radical (unpaired) electrons. The minimum Gasteiger partial charge on any atom is -0.481 e. The minimum atomic E-state index is -1.06. The van der Waals surface area contributed by atoms with E-state index in [9.17, 15) is 9.59 Å². The highest BCUT2D eigenvalue weighted by Crippen LogP contribution is 2.26. The molecule has 0 bridgehead atoms. The van der Waals surface area contributed by atoms with Crippen LogP contribution in [0.5, 0.6) is 0 Å². The van der Waals surface area contributed by atoms with E-state index in [0.29, 0.717) is 11.5 Å². The average Bonchev–Trinajstić information content (AvgIpc) is 2.19. The molecule has 1 aliphatic rings. The lowest BCUT2D eigenvalue weighted by molar-refractivity contribution is -0.138. The fourth-order valence-electron chi connectivity index (χ4n) is 1.42. The number of hydrogen-bond acceptors (Lipinski definition) is 4. The SMILES string of the molecule is O=C(O)CC1Nc2nc(Cl)ccc2NC1=O. The molecule has 2 rings (SSSR count). The number of aromatic nitrogens is 1. The molecule has 3 N–H and O–H groups in total. The number of halogens is 1. The minimum absolute atomic E-state index is 0.275. The van der Waals surface area contributed by atoms with Gasteiger partial charge in [0.2, 0.25) is 5.91 Å². The Balaban J connectivity index is 2.26. The topological polar surface area (TPSA) is 91.3 Å². The molecule has 1 atom stereocenters. The number of rotatable bonds is 2. The molecular weight excluding hydrogens is 234 g/mol. The Kier molecular flexibility index (Phi) is 2.66. The molecule has 0 saturated carbocycles. The molecule has 1 aromatic rings. The summed E-state index contributed by atoms with van der Waals surface area (Å²) in [4.78, 5) is 26.0. The van der Waals surface area contributed by atoms with Crippen LogP contribution in [-0.2, 0) is 9.59 Å². The maximum atomic E-state index is 11.5. The van der Waals surface area contributed by atoms with E-state index >= 15 is 0 Å². The quantitative estimate of drug-likeness (QED) is 0.671. The number of aliphatic carboxylic acids is 1. The Hall–Kier alpha value is -1.82. The van der Waals surface area contributed by atoms with Gasteiger partial charge in [-0.2, -0.15) is 0 Å². The van der Waals surface area contributed by atoms with Crippen LogP contribution in [0.3, 0.4) is 0 Å². The van der Waals surface area contributed by atoms with Crippen LogP contribution in [0, 0.1) is 0 Å². The number of carboxylic acids is 1. The zero-order valence-electron chi connectivity index (χ0n) is 8.03. The number of hydrogen-bond donors (Lipinski definition) is 3. The number of anilines is 2. The molecule has 7 heteroatoms. The van der Waals surface area contributed by atoms with Crippen molar-refractivity contribution in [3.05, 3.63) is 17.3 Å². The third-order valence-corrected chi connectivity index (χ3v) is 2.34. The van der Waals surface area contributed by atoms with Gasteiger partial charge in [-0.15, -0.1) is 0 Å². The number of fused-ring (bicyclic) bond motifs is 1. The second-order valence-electron chi connectivity index (χ2n) is 3.31. The zero-order chi connectivity index (χ0) is 11.7. The first-order chi connectivity index (χ1) is 7.56. The highest BCUT2D eigenvalue weighted by molar-refractivity contribution is 6.29. The molecule has 0 fully saturated rings. The van der Waals surface area contributed by atoms with Gasteiger partial charge in [0.05, 0.1) is 12.1 Å². The van der Waals surface area contributed by atoms with Gasteiger partial charge in [0.15, 0.2) is 5.82 Å². The summed E-state index contributed by atoms with van der Waals surface area (Å²) in [6.07, 6.45) is -0.306. The maximum absolute atomic E-state index is 11.5. The van der Waals surface area contributed by atoms with E-state index in [1.54, 1.807) is 12.1 Å². The number of carboxylic acid groups (broad SMARTS) is 1. The van der Waals surface area contributed by atoms with Gasteiger partial charge in [0, 0.05) is 0 Å². The molecule has 84 valence electrons. The summed E-state index contributed by atoms with van der Waals surface area (Å²) in [5, 5.41) is 14.2. The molecule has 16 heavy (non-hydrogen) atoms. The number of pyridine rings is 1. The van der Waals surface area contributed by atoms with Crippen molar-refractivity contribution in [2.24, 2.45) is 0 Å². The van der Waals surface area contributed by atoms with E-state index in [1.807, 2.05) is 0 Å². The van der Waals surface area contributed by atoms with Crippen LogP contribution in [0.4, 0.5) is 11.5 Å². The highest BCUT2D eigenvalue weighted by Gasteiger charge is 2.28. The zero-order valence-corrected chi connectivity index (χ0v) is 8.78. The third kappa shape index (κ3) is 2.06. The van der Waals surface area contributed by atoms with Gasteiger partial charge >= 0.3 is 5.97 Å². The predicted molar refractivity (Wildman–Crippen MR) is 57.5 cm³/mol. The molecule has 1 aromatic heterocycles. The van der Waals surface area contributed by atoms with Crippen molar-refractivity contribution >= 4 is 35.0 Å². The van der Waals surface area contributed by atoms with Crippen molar-refractivity contribution in [3.8, 4) is 0 Å². The van der Waals surface area contributed by atoms with Crippen molar-refractivity contribution in [3.63, 3.8) is 0 Å². The average molecular weight is 242 g/mol. The second kappa shape index (κ2) is 3.97. The smallest absolute Gasteiger partial charge is 0.305 e. The first kappa shape index (κ1) is 10.7. The van der Waals surface area contributed by atoms with Crippen molar-refractivity contribution in [1.82, 2.24) is 4.98 Å². The van der Waals surface area contributed by atoms with Crippen LogP contribution in [0.2, 0.25) is 5.15 Å². The van der Waals surface area contributed by atoms with E-state index in [0.717, 1.165) is 0 Å². The summed E-state index contributed by atoms with van der Waals surface area (Å²) in [5.41, 5.74) is 0.496. The molecule has 0 saturated heterocycles. The predicted octanol–water partition coefficient (Wildman–Crippen LogP) is 0.942. The van der Waals surface area contributed by atoms with Gasteiger partial charge in [-0.1, -0.05) is 11.6 Å². The van der Waals surface area contributed by atoms with E-state index in [1.165, 1.54) is 0 Å². The summed E-state index contributed by atoms with van der Waals surface area (Å²) < 4.78 is 0. The van der Waals surface area contributed by atoms with Crippen molar-refractivity contribution in [2.45, 2.75) is 12.5 Å². The van der Waals surface area contributed by atoms with Crippen molar-refractivity contribution < 1.29 is 14.7 Å². The summed E-state index contributed by atoms with van der Waals surface area (Å²) in [6.45, 7) is 0. The van der Waals surface area contributed by atoms with Crippen LogP contribution in [-0.4, -0.2) is 28.0 Å². The van der Waals surface area contributed by atoms with Gasteiger partial charge in [-0.05, 0) is 12.1 Å². The van der Waals surface area contributed by atoms with Crippen LogP contribution < -0.4 is 10.6 Å². The Bertz CT molecular complexity index is 463. The normalized spacial score (nSPS) is 18.3. The highest BCUT2D eigenvalue weighted by atomic mass is 35.5. The Morgan fingerprint density at radius 1 is 1.56 bits per heavy atom. The van der Waals surface area contributed by atoms with E-state index in [-0.39, 0.29) is 17.5 Å². The number of amides is 1. The second-order valence-corrected chi connectivity index (χ2v) is 3.70. The summed E-state index contributed by atoms with van der Waals surface area (Å²) in [6, 6.07) is 2.32. The Morgan fingerprint density at radius 3 is 3.00 bits per heavy atom. The summed E-state index contributed by atoms with van der Waals surface area (Å²) in [7, 11) is 0. The number of carbonyl (C=O) groups excluding carboxylic acids is 1. The third-order valence-electron chi connectivity index (χ3n) is 2.13. The van der Waals surface area contributed by atoms with Crippen LogP contribution in [0.1, 0.15) is 6.42 Å². The standard InChI is InChI=1S/C9H8ClN3O3/c10-6-2-1-4-8(13-6)11-5(3-7(14)15)9(16)12-4/h1-2,5H,3H2,(H,11,13)(H,12,16)(H,14,15). The number of carbonyl (C=O) groups is 2. The largest absolute Gasteiger partial charge is 0.481 e. The van der Waals surface area contributed by atoms with Gasteiger partial charge in [-0.3, -0.25) is 9.59 Å². The molecule has 0 aliphatic carbocycles. The van der Waals surface area contributed by atoms with Crippen LogP contribution >= 0.6 is 11.6 Å². The van der Waals surface area contributed by atoms with E-state index in [4.69, 9.17) is 16.7 Å². The fraction of sp³-hybridized carbons (Fsp3) is 0.222. The Labute approximate surface area is 95.6 Å². The van der Waals surface area contributed by atoms with Crippen LogP contribution in [0.15, 0.2) is 12.1 Å². The lowest BCUT2D eigenvalue weighted by Crippen LogP contribution is -2.40. The number of nitrogens with zero attached hydrogens (tertiary/aromatic N) is 1. The molecule has 6 nitrogen and oxygen atoms in total. The summed E-state index contributed by atoms with van der Waals surface area (Å²) >= 11 is 5.69. The summed E-state index contributed by atoms with van der Waals surface area (Å²) in [5.74, 6) is -1.06. The lowest BCUT2D eigenvalue weighted by atomic mass is 10.1. The monoisotopic (exact) mass is 241 g/mol. The van der Waals surface area contributed by atoms with Gasteiger partial charge < -0.3 is 15.7 Å². The van der Waals surface area contributed by atoms with Crippen molar-refractivity contribution in [2.75, 3.05) is 10.6 Å². The van der Waals surface area contributed by atoms with Gasteiger partial charge in [-0.25, -0.2) is 4.98 Å². The van der Waals surface area contributed by atoms with Crippen molar-refractivity contribution in [1.29, 1.82) is 0 Å². The Morgan fingerprint density at radius 2 is 2.31 bits per heavy atom.